The number of carbonyl (C=O) groups is 2. The molecule has 3 rings (SSSR count). The Kier molecular flexibility index (Phi) is 5.96. The van der Waals surface area contributed by atoms with Gasteiger partial charge in [-0.15, -0.1) is 0 Å². The van der Waals surface area contributed by atoms with Crippen molar-refractivity contribution < 1.29 is 9.59 Å². The molecule has 2 aromatic rings. The molecule has 0 aromatic heterocycles. The van der Waals surface area contributed by atoms with Gasteiger partial charge >= 0.3 is 0 Å². The van der Waals surface area contributed by atoms with Gasteiger partial charge in [-0.3, -0.25) is 14.5 Å². The van der Waals surface area contributed by atoms with Crippen LogP contribution in [-0.2, 0) is 9.59 Å². The number of para-hydroxylation sites is 1. The molecule has 2 aromatic carbocycles. The number of hydrogen-bond donors (Lipinski definition) is 1. The van der Waals surface area contributed by atoms with Crippen molar-refractivity contribution in [2.75, 3.05) is 11.9 Å². The number of thioether (sulfide) groups is 1. The maximum absolute atomic E-state index is 12.8. The second kappa shape index (κ2) is 8.39. The number of amidine groups is 1. The lowest BCUT2D eigenvalue weighted by Crippen LogP contribution is -2.45. The number of amides is 2. The van der Waals surface area contributed by atoms with E-state index in [4.69, 9.17) is 0 Å². The molecule has 0 unspecified atom stereocenters. The van der Waals surface area contributed by atoms with Crippen LogP contribution in [0.15, 0.2) is 53.5 Å². The Bertz CT molecular complexity index is 880. The summed E-state index contributed by atoms with van der Waals surface area (Å²) in [5, 5.41) is 3.03. The molecule has 1 fully saturated rings. The van der Waals surface area contributed by atoms with Gasteiger partial charge in [-0.1, -0.05) is 47.7 Å². The molecule has 1 heterocycles. The van der Waals surface area contributed by atoms with Crippen LogP contribution < -0.4 is 5.32 Å². The predicted molar refractivity (Wildman–Crippen MR) is 111 cm³/mol. The van der Waals surface area contributed by atoms with Crippen LogP contribution in [0.3, 0.4) is 0 Å². The average molecular weight is 382 g/mol. The SMILES string of the molecule is CCN1C(=O)C[C@@H](C(=O)Nc2ccc(C)cc2C)SC1=Nc1ccccc1. The van der Waals surface area contributed by atoms with Gasteiger partial charge in [0.2, 0.25) is 11.8 Å². The van der Waals surface area contributed by atoms with Crippen molar-refractivity contribution in [3.8, 4) is 0 Å². The summed E-state index contributed by atoms with van der Waals surface area (Å²) < 4.78 is 0. The highest BCUT2D eigenvalue weighted by atomic mass is 32.2. The molecule has 1 aliphatic heterocycles. The van der Waals surface area contributed by atoms with Gasteiger partial charge < -0.3 is 5.32 Å². The molecule has 6 heteroatoms. The molecular formula is C21H23N3O2S. The molecule has 1 N–H and O–H groups in total. The topological polar surface area (TPSA) is 61.8 Å². The highest BCUT2D eigenvalue weighted by molar-refractivity contribution is 8.15. The molecule has 1 saturated heterocycles. The Morgan fingerprint density at radius 1 is 1.22 bits per heavy atom. The van der Waals surface area contributed by atoms with Crippen molar-refractivity contribution in [3.05, 3.63) is 59.7 Å². The first-order chi connectivity index (χ1) is 13.0. The number of hydrogen-bond acceptors (Lipinski definition) is 4. The first-order valence-electron chi connectivity index (χ1n) is 8.97. The van der Waals surface area contributed by atoms with E-state index in [0.717, 1.165) is 22.5 Å². The summed E-state index contributed by atoms with van der Waals surface area (Å²) in [6, 6.07) is 15.4. The average Bonchev–Trinajstić information content (AvgIpc) is 2.64. The van der Waals surface area contributed by atoms with Crippen LogP contribution in [-0.4, -0.2) is 33.7 Å². The Morgan fingerprint density at radius 2 is 1.96 bits per heavy atom. The maximum Gasteiger partial charge on any atom is 0.238 e. The van der Waals surface area contributed by atoms with Crippen LogP contribution in [0.1, 0.15) is 24.5 Å². The number of carbonyl (C=O) groups excluding carboxylic acids is 2. The highest BCUT2D eigenvalue weighted by Gasteiger charge is 2.35. The zero-order chi connectivity index (χ0) is 19.4. The van der Waals surface area contributed by atoms with Crippen LogP contribution in [0.4, 0.5) is 11.4 Å². The van der Waals surface area contributed by atoms with Crippen LogP contribution in [0, 0.1) is 13.8 Å². The number of nitrogens with one attached hydrogen (secondary N) is 1. The minimum atomic E-state index is -0.497. The first kappa shape index (κ1) is 19.2. The van der Waals surface area contributed by atoms with Gasteiger partial charge in [-0.2, -0.15) is 0 Å². The minimum absolute atomic E-state index is 0.0771. The van der Waals surface area contributed by atoms with Crippen LogP contribution in [0.5, 0.6) is 0 Å². The Morgan fingerprint density at radius 3 is 2.63 bits per heavy atom. The van der Waals surface area contributed by atoms with Crippen molar-refractivity contribution in [1.82, 2.24) is 4.90 Å². The quantitative estimate of drug-likeness (QED) is 0.860. The predicted octanol–water partition coefficient (Wildman–Crippen LogP) is 4.28. The Labute approximate surface area is 163 Å². The molecule has 0 aliphatic carbocycles. The van der Waals surface area contributed by atoms with Gasteiger partial charge in [-0.05, 0) is 44.5 Å². The second-order valence-electron chi connectivity index (χ2n) is 6.49. The molecular weight excluding hydrogens is 358 g/mol. The number of rotatable bonds is 4. The van der Waals surface area contributed by atoms with E-state index in [1.165, 1.54) is 11.8 Å². The molecule has 140 valence electrons. The number of benzene rings is 2. The van der Waals surface area contributed by atoms with Crippen molar-refractivity contribution in [3.63, 3.8) is 0 Å². The normalized spacial score (nSPS) is 18.6. The van der Waals surface area contributed by atoms with Gasteiger partial charge in [0.25, 0.3) is 0 Å². The molecule has 0 spiro atoms. The van der Waals surface area contributed by atoms with Crippen molar-refractivity contribution in [2.45, 2.75) is 32.4 Å². The maximum atomic E-state index is 12.8. The lowest BCUT2D eigenvalue weighted by atomic mass is 10.1. The monoisotopic (exact) mass is 381 g/mol. The van der Waals surface area contributed by atoms with Crippen molar-refractivity contribution in [1.29, 1.82) is 0 Å². The van der Waals surface area contributed by atoms with E-state index in [1.54, 1.807) is 4.90 Å². The van der Waals surface area contributed by atoms with Crippen LogP contribution >= 0.6 is 11.8 Å². The summed E-state index contributed by atoms with van der Waals surface area (Å²) in [7, 11) is 0. The summed E-state index contributed by atoms with van der Waals surface area (Å²) in [4.78, 5) is 31.6. The van der Waals surface area contributed by atoms with E-state index < -0.39 is 5.25 Å². The third-order valence-electron chi connectivity index (χ3n) is 4.37. The first-order valence-corrected chi connectivity index (χ1v) is 9.84. The lowest BCUT2D eigenvalue weighted by molar-refractivity contribution is -0.129. The summed E-state index contributed by atoms with van der Waals surface area (Å²) in [5.41, 5.74) is 3.69. The van der Waals surface area contributed by atoms with E-state index in [-0.39, 0.29) is 18.2 Å². The molecule has 1 aliphatic rings. The van der Waals surface area contributed by atoms with Crippen LogP contribution in [0.25, 0.3) is 0 Å². The van der Waals surface area contributed by atoms with Gasteiger partial charge in [0, 0.05) is 18.7 Å². The smallest absolute Gasteiger partial charge is 0.238 e. The van der Waals surface area contributed by atoms with Crippen LogP contribution in [0.2, 0.25) is 0 Å². The zero-order valence-corrected chi connectivity index (χ0v) is 16.5. The molecule has 27 heavy (non-hydrogen) atoms. The fourth-order valence-corrected chi connectivity index (χ4v) is 4.10. The minimum Gasteiger partial charge on any atom is -0.325 e. The molecule has 1 atom stereocenters. The van der Waals surface area contributed by atoms with Gasteiger partial charge in [0.1, 0.15) is 5.25 Å². The van der Waals surface area contributed by atoms with Crippen molar-refractivity contribution in [2.24, 2.45) is 4.99 Å². The van der Waals surface area contributed by atoms with Crippen molar-refractivity contribution >= 4 is 40.1 Å². The number of aliphatic imine (C=N–C) groups is 1. The number of aryl methyl sites for hydroxylation is 2. The molecule has 0 radical (unpaired) electrons. The molecule has 0 saturated carbocycles. The van der Waals surface area contributed by atoms with E-state index in [0.29, 0.717) is 11.7 Å². The van der Waals surface area contributed by atoms with Gasteiger partial charge in [0.15, 0.2) is 5.17 Å². The highest BCUT2D eigenvalue weighted by Crippen LogP contribution is 2.30. The third kappa shape index (κ3) is 4.57. The fourth-order valence-electron chi connectivity index (χ4n) is 2.93. The van der Waals surface area contributed by atoms with Gasteiger partial charge in [-0.25, -0.2) is 4.99 Å². The Hall–Kier alpha value is -2.60. The fraction of sp³-hybridized carbons (Fsp3) is 0.286. The van der Waals surface area contributed by atoms with Gasteiger partial charge in [0.05, 0.1) is 5.69 Å². The summed E-state index contributed by atoms with van der Waals surface area (Å²) in [6.45, 7) is 6.42. The standard InChI is InChI=1S/C21H23N3O2S/c1-4-24-19(25)13-18(27-21(24)22-16-8-6-5-7-9-16)20(26)23-17-11-10-14(2)12-15(17)3/h5-12,18H,4,13H2,1-3H3,(H,23,26)/t18-/m0/s1. The van der Waals surface area contributed by atoms with E-state index in [9.17, 15) is 9.59 Å². The lowest BCUT2D eigenvalue weighted by Gasteiger charge is -2.31. The number of anilines is 1. The van der Waals surface area contributed by atoms with E-state index in [2.05, 4.69) is 10.3 Å². The molecule has 0 bridgehead atoms. The van der Waals surface area contributed by atoms with E-state index >= 15 is 0 Å². The number of nitrogens with zero attached hydrogens (tertiary/aromatic N) is 2. The Balaban J connectivity index is 1.81. The zero-order valence-electron chi connectivity index (χ0n) is 15.7. The molecule has 2 amide bonds. The second-order valence-corrected chi connectivity index (χ2v) is 7.66. The summed E-state index contributed by atoms with van der Waals surface area (Å²) in [5.74, 6) is -0.247. The summed E-state index contributed by atoms with van der Waals surface area (Å²) in [6.07, 6.45) is 0.170. The largest absolute Gasteiger partial charge is 0.325 e. The summed E-state index contributed by atoms with van der Waals surface area (Å²) >= 11 is 1.34. The van der Waals surface area contributed by atoms with E-state index in [1.807, 2.05) is 69.3 Å². The third-order valence-corrected chi connectivity index (χ3v) is 5.56. The molecule has 5 nitrogen and oxygen atoms in total.